The van der Waals surface area contributed by atoms with Gasteiger partial charge in [-0.25, -0.2) is 0 Å². The third kappa shape index (κ3) is 2.63. The zero-order chi connectivity index (χ0) is 10.2. The third-order valence-electron chi connectivity index (χ3n) is 2.25. The first-order valence-electron chi connectivity index (χ1n) is 3.97. The molecule has 72 valence electrons. The first-order chi connectivity index (χ1) is 5.82. The Hall–Kier alpha value is 0.307. The minimum absolute atomic E-state index is 0.873. The van der Waals surface area contributed by atoms with Gasteiger partial charge in [0, 0.05) is 0 Å². The monoisotopic (exact) mass is 252 g/mol. The first kappa shape index (κ1) is 11.4. The van der Waals surface area contributed by atoms with Crippen molar-refractivity contribution in [2.45, 2.75) is 20.8 Å². The van der Waals surface area contributed by atoms with E-state index in [1.807, 2.05) is 26.0 Å². The molecule has 0 bridgehead atoms. The van der Waals surface area contributed by atoms with E-state index in [9.17, 15) is 0 Å². The zero-order valence-corrected chi connectivity index (χ0v) is 11.1. The minimum Gasteiger partial charge on any atom is -0.121 e. The Morgan fingerprint density at radius 3 is 1.62 bits per heavy atom. The molecule has 0 aliphatic carbocycles. The summed E-state index contributed by atoms with van der Waals surface area (Å²) in [5.41, 5.74) is 3.65. The summed E-state index contributed by atoms with van der Waals surface area (Å²) in [6, 6.07) is 1.25. The molecule has 1 rings (SSSR count). The van der Waals surface area contributed by atoms with Gasteiger partial charge in [-0.15, -0.1) is 33.2 Å². The maximum absolute atomic E-state index is 5.92. The second kappa shape index (κ2) is 3.82. The summed E-state index contributed by atoms with van der Waals surface area (Å²) in [5, 5.41) is 0.873. The fraction of sp³-hybridized carbons (Fsp3) is 0.333. The van der Waals surface area contributed by atoms with Crippen LogP contribution >= 0.6 is 33.2 Å². The van der Waals surface area contributed by atoms with Crippen LogP contribution in [-0.2, 0) is 0 Å². The van der Waals surface area contributed by atoms with Crippen LogP contribution in [0.1, 0.15) is 16.7 Å². The van der Waals surface area contributed by atoms with E-state index in [-0.39, 0.29) is 0 Å². The van der Waals surface area contributed by atoms with Gasteiger partial charge in [-0.3, -0.25) is 0 Å². The quantitative estimate of drug-likeness (QED) is 0.531. The van der Waals surface area contributed by atoms with E-state index in [1.54, 1.807) is 0 Å². The topological polar surface area (TPSA) is 0 Å². The van der Waals surface area contributed by atoms with Gasteiger partial charge >= 0.3 is 6.00 Å². The summed E-state index contributed by atoms with van der Waals surface area (Å²) >= 11 is 17.8. The lowest BCUT2D eigenvalue weighted by Gasteiger charge is -2.12. The van der Waals surface area contributed by atoms with Crippen LogP contribution in [0.3, 0.4) is 0 Å². The highest BCUT2D eigenvalue weighted by atomic mass is 35.8. The molecule has 0 unspecified atom stereocenters. The summed E-state index contributed by atoms with van der Waals surface area (Å²) in [6.45, 7) is 6.15. The van der Waals surface area contributed by atoms with Gasteiger partial charge in [0.2, 0.25) is 0 Å². The van der Waals surface area contributed by atoms with Crippen LogP contribution < -0.4 is 5.19 Å². The Balaban J connectivity index is 3.29. The highest BCUT2D eigenvalue weighted by Gasteiger charge is 2.28. The largest absolute Gasteiger partial charge is 0.372 e. The summed E-state index contributed by atoms with van der Waals surface area (Å²) < 4.78 is 0. The maximum Gasteiger partial charge on any atom is 0.372 e. The molecule has 0 spiro atoms. The molecule has 4 heteroatoms. The third-order valence-corrected chi connectivity index (χ3v) is 5.16. The number of aryl methyl sites for hydroxylation is 2. The molecule has 0 saturated heterocycles. The SMILES string of the molecule is Cc1cc([Si](Cl)(Cl)Cl)cc(C)c1C. The lowest BCUT2D eigenvalue weighted by Crippen LogP contribution is -2.30. The van der Waals surface area contributed by atoms with E-state index in [0.717, 1.165) is 5.19 Å². The highest BCUT2D eigenvalue weighted by Crippen LogP contribution is 2.22. The van der Waals surface area contributed by atoms with Crippen LogP contribution in [0.5, 0.6) is 0 Å². The van der Waals surface area contributed by atoms with Crippen molar-refractivity contribution in [2.24, 2.45) is 0 Å². The van der Waals surface area contributed by atoms with Crippen molar-refractivity contribution in [2.75, 3.05) is 0 Å². The molecule has 0 N–H and O–H groups in total. The standard InChI is InChI=1S/C9H11Cl3Si/c1-6-4-9(13(10,11)12)5-7(2)8(6)3/h4-5H,1-3H3. The predicted molar refractivity (Wildman–Crippen MR) is 63.6 cm³/mol. The van der Waals surface area contributed by atoms with E-state index < -0.39 is 6.00 Å². The zero-order valence-electron chi connectivity index (χ0n) is 7.79. The molecule has 1 aromatic carbocycles. The number of rotatable bonds is 1. The van der Waals surface area contributed by atoms with Gasteiger partial charge in [0.15, 0.2) is 0 Å². The second-order valence-corrected chi connectivity index (χ2v) is 11.6. The van der Waals surface area contributed by atoms with Crippen LogP contribution in [0.4, 0.5) is 0 Å². The molecule has 0 saturated carbocycles. The Labute approximate surface area is 93.9 Å². The Kier molecular flexibility index (Phi) is 3.34. The molecule has 13 heavy (non-hydrogen) atoms. The minimum atomic E-state index is -2.70. The van der Waals surface area contributed by atoms with Crippen LogP contribution in [0.15, 0.2) is 12.1 Å². The van der Waals surface area contributed by atoms with Crippen molar-refractivity contribution in [3.05, 3.63) is 28.8 Å². The van der Waals surface area contributed by atoms with Crippen LogP contribution in [0.2, 0.25) is 0 Å². The first-order valence-corrected chi connectivity index (χ1v) is 9.01. The Morgan fingerprint density at radius 1 is 0.923 bits per heavy atom. The molecule has 0 heterocycles. The van der Waals surface area contributed by atoms with E-state index in [4.69, 9.17) is 33.2 Å². The maximum atomic E-state index is 5.92. The molecule has 0 fully saturated rings. The van der Waals surface area contributed by atoms with Crippen LogP contribution in [0, 0.1) is 20.8 Å². The van der Waals surface area contributed by atoms with Crippen molar-refractivity contribution in [1.29, 1.82) is 0 Å². The molecule has 0 aliphatic heterocycles. The highest BCUT2D eigenvalue weighted by molar-refractivity contribution is 7.69. The van der Waals surface area contributed by atoms with Gasteiger partial charge in [-0.05, 0) is 42.6 Å². The summed E-state index contributed by atoms with van der Waals surface area (Å²) in [7, 11) is 0. The molecular weight excluding hydrogens is 243 g/mol. The summed E-state index contributed by atoms with van der Waals surface area (Å²) in [6.07, 6.45) is 0. The Bertz CT molecular complexity index is 305. The molecule has 1 aromatic rings. The average molecular weight is 254 g/mol. The molecule has 0 amide bonds. The molecule has 0 atom stereocenters. The average Bonchev–Trinajstić information content (AvgIpc) is 1.97. The van der Waals surface area contributed by atoms with Gasteiger partial charge in [-0.2, -0.15) is 0 Å². The van der Waals surface area contributed by atoms with Gasteiger partial charge in [0.1, 0.15) is 0 Å². The van der Waals surface area contributed by atoms with Crippen molar-refractivity contribution in [3.8, 4) is 0 Å². The van der Waals surface area contributed by atoms with Crippen molar-refractivity contribution in [3.63, 3.8) is 0 Å². The van der Waals surface area contributed by atoms with E-state index >= 15 is 0 Å². The normalized spacial score (nSPS) is 11.8. The number of benzene rings is 1. The fourth-order valence-corrected chi connectivity index (χ4v) is 2.94. The second-order valence-electron chi connectivity index (χ2n) is 3.23. The number of hydrogen-bond acceptors (Lipinski definition) is 0. The number of hydrogen-bond donors (Lipinski definition) is 0. The van der Waals surface area contributed by atoms with Gasteiger partial charge < -0.3 is 0 Å². The summed E-state index contributed by atoms with van der Waals surface area (Å²) in [4.78, 5) is 0. The van der Waals surface area contributed by atoms with Crippen LogP contribution in [0.25, 0.3) is 0 Å². The summed E-state index contributed by atoms with van der Waals surface area (Å²) in [5.74, 6) is 0. The van der Waals surface area contributed by atoms with E-state index in [2.05, 4.69) is 6.92 Å². The van der Waals surface area contributed by atoms with Crippen molar-refractivity contribution < 1.29 is 0 Å². The van der Waals surface area contributed by atoms with E-state index in [0.29, 0.717) is 0 Å². The smallest absolute Gasteiger partial charge is 0.121 e. The molecule has 0 aliphatic rings. The van der Waals surface area contributed by atoms with Crippen LogP contribution in [-0.4, -0.2) is 6.00 Å². The Morgan fingerprint density at radius 2 is 1.31 bits per heavy atom. The number of halogens is 3. The fourth-order valence-electron chi connectivity index (χ4n) is 1.20. The van der Waals surface area contributed by atoms with Gasteiger partial charge in [0.25, 0.3) is 0 Å². The van der Waals surface area contributed by atoms with Gasteiger partial charge in [-0.1, -0.05) is 12.1 Å². The van der Waals surface area contributed by atoms with Crippen molar-refractivity contribution >= 4 is 44.4 Å². The van der Waals surface area contributed by atoms with Gasteiger partial charge in [0.05, 0.1) is 0 Å². The molecule has 0 radical (unpaired) electrons. The van der Waals surface area contributed by atoms with Crippen molar-refractivity contribution in [1.82, 2.24) is 0 Å². The molecular formula is C9H11Cl3Si. The van der Waals surface area contributed by atoms with E-state index in [1.165, 1.54) is 16.7 Å². The lowest BCUT2D eigenvalue weighted by atomic mass is 10.1. The molecule has 0 aromatic heterocycles. The lowest BCUT2D eigenvalue weighted by molar-refractivity contribution is 1.28. The molecule has 0 nitrogen and oxygen atoms in total. The predicted octanol–water partition coefficient (Wildman–Crippen LogP) is 3.47.